The molecule has 3 rings (SSSR count). The number of benzene rings is 2. The number of rotatable bonds is 4. The van der Waals surface area contributed by atoms with Gasteiger partial charge in [0.05, 0.1) is 5.69 Å². The number of anilines is 2. The number of aromatic nitrogens is 2. The maximum atomic E-state index is 12.3. The van der Waals surface area contributed by atoms with Crippen molar-refractivity contribution in [2.75, 3.05) is 5.32 Å². The number of aromatic hydroxyl groups is 1. The molecule has 5 nitrogen and oxygen atoms in total. The molecule has 0 amide bonds. The molecule has 0 aliphatic carbocycles. The van der Waals surface area contributed by atoms with Crippen molar-refractivity contribution in [2.24, 2.45) is 0 Å². The van der Waals surface area contributed by atoms with Crippen LogP contribution in [0.5, 0.6) is 5.75 Å². The second kappa shape index (κ2) is 6.36. The smallest absolute Gasteiger partial charge is 0.256 e. The molecule has 5 heteroatoms. The average molecular weight is 307 g/mol. The highest BCUT2D eigenvalue weighted by molar-refractivity contribution is 5.54. The second-order valence-corrected chi connectivity index (χ2v) is 5.31. The highest BCUT2D eigenvalue weighted by atomic mass is 16.3. The summed E-state index contributed by atoms with van der Waals surface area (Å²) in [5.74, 6) is 0.571. The van der Waals surface area contributed by atoms with Gasteiger partial charge in [0.25, 0.3) is 5.56 Å². The maximum Gasteiger partial charge on any atom is 0.256 e. The highest BCUT2D eigenvalue weighted by Gasteiger charge is 2.09. The number of nitrogens with zero attached hydrogens (tertiary/aromatic N) is 1. The summed E-state index contributed by atoms with van der Waals surface area (Å²) in [6.07, 6.45) is 0.550. The Labute approximate surface area is 133 Å². The van der Waals surface area contributed by atoms with Gasteiger partial charge in [-0.3, -0.25) is 9.78 Å². The first-order valence-electron chi connectivity index (χ1n) is 7.31. The zero-order valence-corrected chi connectivity index (χ0v) is 12.7. The summed E-state index contributed by atoms with van der Waals surface area (Å²) < 4.78 is 0. The summed E-state index contributed by atoms with van der Waals surface area (Å²) in [5.41, 5.74) is 3.01. The van der Waals surface area contributed by atoms with E-state index >= 15 is 0 Å². The molecular weight excluding hydrogens is 290 g/mol. The number of hydrogen-bond acceptors (Lipinski definition) is 4. The van der Waals surface area contributed by atoms with Gasteiger partial charge in [0, 0.05) is 17.7 Å². The normalized spacial score (nSPS) is 10.5. The Bertz CT molecular complexity index is 856. The predicted molar refractivity (Wildman–Crippen MR) is 90.2 cm³/mol. The molecule has 0 atom stereocenters. The van der Waals surface area contributed by atoms with Crippen molar-refractivity contribution in [2.45, 2.75) is 13.3 Å². The molecule has 0 saturated heterocycles. The van der Waals surface area contributed by atoms with Gasteiger partial charge in [0.15, 0.2) is 0 Å². The molecule has 0 aliphatic rings. The molecule has 0 unspecified atom stereocenters. The van der Waals surface area contributed by atoms with Crippen LogP contribution < -0.4 is 10.9 Å². The predicted octanol–water partition coefficient (Wildman–Crippen LogP) is 3.12. The van der Waals surface area contributed by atoms with Crippen molar-refractivity contribution in [1.29, 1.82) is 0 Å². The molecule has 116 valence electrons. The molecule has 0 bridgehead atoms. The molecule has 0 radical (unpaired) electrons. The fraction of sp³-hybridized carbons (Fsp3) is 0.111. The standard InChI is InChI=1S/C18H17N3O2/c1-12-16(11-13-5-3-2-4-6-13)17(23)21-18(19-12)20-14-7-9-15(22)10-8-14/h2-10,22H,11H2,1H3,(H2,19,20,21,23). The molecule has 23 heavy (non-hydrogen) atoms. The van der Waals surface area contributed by atoms with Gasteiger partial charge in [0.2, 0.25) is 5.95 Å². The molecule has 0 spiro atoms. The molecule has 3 N–H and O–H groups in total. The number of phenolic OH excluding ortho intramolecular Hbond substituents is 1. The lowest BCUT2D eigenvalue weighted by Gasteiger charge is -2.09. The van der Waals surface area contributed by atoms with Gasteiger partial charge >= 0.3 is 0 Å². The number of H-pyrrole nitrogens is 1. The van der Waals surface area contributed by atoms with Gasteiger partial charge in [-0.15, -0.1) is 0 Å². The topological polar surface area (TPSA) is 78.0 Å². The van der Waals surface area contributed by atoms with E-state index in [2.05, 4.69) is 15.3 Å². The van der Waals surface area contributed by atoms with Gasteiger partial charge in [-0.25, -0.2) is 4.98 Å². The molecule has 1 aromatic heterocycles. The van der Waals surface area contributed by atoms with Crippen LogP contribution in [0, 0.1) is 6.92 Å². The zero-order valence-electron chi connectivity index (χ0n) is 12.7. The van der Waals surface area contributed by atoms with E-state index in [-0.39, 0.29) is 11.3 Å². The number of aryl methyl sites for hydroxylation is 1. The van der Waals surface area contributed by atoms with Crippen LogP contribution in [0.15, 0.2) is 59.4 Å². The van der Waals surface area contributed by atoms with Crippen molar-refractivity contribution < 1.29 is 5.11 Å². The third-order valence-electron chi connectivity index (χ3n) is 3.58. The lowest BCUT2D eigenvalue weighted by Crippen LogP contribution is -2.18. The van der Waals surface area contributed by atoms with Crippen molar-refractivity contribution in [3.63, 3.8) is 0 Å². The van der Waals surface area contributed by atoms with Crippen molar-refractivity contribution in [3.05, 3.63) is 81.8 Å². The summed E-state index contributed by atoms with van der Waals surface area (Å²) in [5, 5.41) is 12.3. The van der Waals surface area contributed by atoms with Gasteiger partial charge in [-0.05, 0) is 36.8 Å². The Kier molecular flexibility index (Phi) is 4.10. The minimum absolute atomic E-state index is 0.150. The van der Waals surface area contributed by atoms with Crippen LogP contribution in [-0.4, -0.2) is 15.1 Å². The van der Waals surface area contributed by atoms with E-state index in [1.165, 1.54) is 0 Å². The quantitative estimate of drug-likeness (QED) is 0.647. The molecule has 3 aromatic rings. The molecule has 0 saturated carbocycles. The molecular formula is C18H17N3O2. The molecule has 0 aliphatic heterocycles. The molecule has 1 heterocycles. The fourth-order valence-corrected chi connectivity index (χ4v) is 2.36. The van der Waals surface area contributed by atoms with Crippen LogP contribution in [0.3, 0.4) is 0 Å². The number of phenols is 1. The van der Waals surface area contributed by atoms with Gasteiger partial charge in [-0.1, -0.05) is 30.3 Å². The first-order chi connectivity index (χ1) is 11.1. The average Bonchev–Trinajstić information content (AvgIpc) is 2.54. The minimum atomic E-state index is -0.150. The lowest BCUT2D eigenvalue weighted by molar-refractivity contribution is 0.475. The van der Waals surface area contributed by atoms with Crippen LogP contribution in [0.1, 0.15) is 16.8 Å². The van der Waals surface area contributed by atoms with Crippen LogP contribution in [0.4, 0.5) is 11.6 Å². The highest BCUT2D eigenvalue weighted by Crippen LogP contribution is 2.17. The van der Waals surface area contributed by atoms with Crippen LogP contribution in [-0.2, 0) is 6.42 Å². The van der Waals surface area contributed by atoms with Gasteiger partial charge in [-0.2, -0.15) is 0 Å². The number of aromatic amines is 1. The third-order valence-corrected chi connectivity index (χ3v) is 3.58. The van der Waals surface area contributed by atoms with E-state index in [4.69, 9.17) is 0 Å². The molecule has 2 aromatic carbocycles. The van der Waals surface area contributed by atoms with Crippen molar-refractivity contribution >= 4 is 11.6 Å². The van der Waals surface area contributed by atoms with E-state index in [0.29, 0.717) is 23.6 Å². The Balaban J connectivity index is 1.85. The Morgan fingerprint density at radius 3 is 2.43 bits per heavy atom. The Hall–Kier alpha value is -3.08. The van der Waals surface area contributed by atoms with E-state index in [1.807, 2.05) is 37.3 Å². The number of nitrogens with one attached hydrogen (secondary N) is 2. The summed E-state index contributed by atoms with van der Waals surface area (Å²) in [6, 6.07) is 16.4. The Morgan fingerprint density at radius 2 is 1.78 bits per heavy atom. The largest absolute Gasteiger partial charge is 0.508 e. The zero-order chi connectivity index (χ0) is 16.2. The summed E-state index contributed by atoms with van der Waals surface area (Å²) >= 11 is 0. The Morgan fingerprint density at radius 1 is 1.09 bits per heavy atom. The van der Waals surface area contributed by atoms with E-state index in [1.54, 1.807) is 24.3 Å². The first kappa shape index (κ1) is 14.8. The SMILES string of the molecule is Cc1nc(Nc2ccc(O)cc2)[nH]c(=O)c1Cc1ccccc1. The van der Waals surface area contributed by atoms with Crippen molar-refractivity contribution in [1.82, 2.24) is 9.97 Å². The van der Waals surface area contributed by atoms with E-state index in [0.717, 1.165) is 11.3 Å². The summed E-state index contributed by atoms with van der Waals surface area (Å²) in [7, 11) is 0. The lowest BCUT2D eigenvalue weighted by atomic mass is 10.1. The fourth-order valence-electron chi connectivity index (χ4n) is 2.36. The van der Waals surface area contributed by atoms with Crippen molar-refractivity contribution in [3.8, 4) is 5.75 Å². The minimum Gasteiger partial charge on any atom is -0.508 e. The first-order valence-corrected chi connectivity index (χ1v) is 7.31. The third kappa shape index (κ3) is 3.58. The van der Waals surface area contributed by atoms with Crippen LogP contribution in [0.25, 0.3) is 0 Å². The van der Waals surface area contributed by atoms with Crippen LogP contribution >= 0.6 is 0 Å². The second-order valence-electron chi connectivity index (χ2n) is 5.31. The number of hydrogen-bond donors (Lipinski definition) is 3. The summed E-state index contributed by atoms with van der Waals surface area (Å²) in [6.45, 7) is 1.83. The van der Waals surface area contributed by atoms with Crippen LogP contribution in [0.2, 0.25) is 0 Å². The van der Waals surface area contributed by atoms with E-state index < -0.39 is 0 Å². The van der Waals surface area contributed by atoms with Gasteiger partial charge < -0.3 is 10.4 Å². The monoisotopic (exact) mass is 307 g/mol. The van der Waals surface area contributed by atoms with E-state index in [9.17, 15) is 9.90 Å². The summed E-state index contributed by atoms with van der Waals surface area (Å²) in [4.78, 5) is 19.5. The molecule has 0 fully saturated rings. The van der Waals surface area contributed by atoms with Gasteiger partial charge in [0.1, 0.15) is 5.75 Å². The maximum absolute atomic E-state index is 12.3.